The molecule has 1 aliphatic heterocycles. The van der Waals surface area contributed by atoms with Gasteiger partial charge < -0.3 is 26.6 Å². The standard InChI is InChI=1S/C12H17N3O3/c13-8-1-2-9(10(14)5-8)11(16)15-6-12(17)3-4-18-7-12/h1-2,5,17H,3-4,6-7,13-14H2,(H,15,16). The van der Waals surface area contributed by atoms with E-state index in [1.54, 1.807) is 12.1 Å². The third-order valence-corrected chi connectivity index (χ3v) is 2.98. The van der Waals surface area contributed by atoms with E-state index in [-0.39, 0.29) is 19.1 Å². The smallest absolute Gasteiger partial charge is 0.253 e. The van der Waals surface area contributed by atoms with E-state index in [4.69, 9.17) is 16.2 Å². The average Bonchev–Trinajstić information content (AvgIpc) is 2.74. The van der Waals surface area contributed by atoms with E-state index in [0.29, 0.717) is 30.0 Å². The molecule has 0 aromatic heterocycles. The molecule has 6 N–H and O–H groups in total. The van der Waals surface area contributed by atoms with Crippen LogP contribution in [0.5, 0.6) is 0 Å². The Morgan fingerprint density at radius 3 is 2.89 bits per heavy atom. The number of ether oxygens (including phenoxy) is 1. The van der Waals surface area contributed by atoms with Crippen LogP contribution in [0, 0.1) is 0 Å². The molecule has 0 radical (unpaired) electrons. The Hall–Kier alpha value is -1.79. The Labute approximate surface area is 105 Å². The van der Waals surface area contributed by atoms with E-state index in [2.05, 4.69) is 5.32 Å². The molecular weight excluding hydrogens is 234 g/mol. The summed E-state index contributed by atoms with van der Waals surface area (Å²) in [5.74, 6) is -0.326. The maximum atomic E-state index is 11.9. The molecule has 1 heterocycles. The first kappa shape index (κ1) is 12.7. The number of nitrogens with two attached hydrogens (primary N) is 2. The van der Waals surface area contributed by atoms with Gasteiger partial charge in [-0.05, 0) is 18.2 Å². The quantitative estimate of drug-likeness (QED) is 0.553. The zero-order valence-electron chi connectivity index (χ0n) is 9.98. The van der Waals surface area contributed by atoms with Gasteiger partial charge in [-0.3, -0.25) is 4.79 Å². The number of hydrogen-bond acceptors (Lipinski definition) is 5. The van der Waals surface area contributed by atoms with Crippen LogP contribution < -0.4 is 16.8 Å². The molecular formula is C12H17N3O3. The molecule has 1 aromatic rings. The van der Waals surface area contributed by atoms with Crippen LogP contribution in [0.15, 0.2) is 18.2 Å². The highest BCUT2D eigenvalue weighted by molar-refractivity contribution is 5.99. The van der Waals surface area contributed by atoms with E-state index in [1.165, 1.54) is 6.07 Å². The highest BCUT2D eigenvalue weighted by Crippen LogP contribution is 2.18. The fraction of sp³-hybridized carbons (Fsp3) is 0.417. The van der Waals surface area contributed by atoms with Crippen molar-refractivity contribution in [2.24, 2.45) is 0 Å². The summed E-state index contributed by atoms with van der Waals surface area (Å²) in [6, 6.07) is 4.70. The maximum absolute atomic E-state index is 11.9. The molecule has 1 aromatic carbocycles. The van der Waals surface area contributed by atoms with Gasteiger partial charge in [-0.2, -0.15) is 0 Å². The molecule has 0 saturated carbocycles. The van der Waals surface area contributed by atoms with Crippen LogP contribution in [0.25, 0.3) is 0 Å². The lowest BCUT2D eigenvalue weighted by Gasteiger charge is -2.20. The third kappa shape index (κ3) is 2.72. The molecule has 1 unspecified atom stereocenters. The van der Waals surface area contributed by atoms with Gasteiger partial charge in [0.25, 0.3) is 5.91 Å². The summed E-state index contributed by atoms with van der Waals surface area (Å²) in [5, 5.41) is 12.7. The van der Waals surface area contributed by atoms with Crippen molar-refractivity contribution in [1.29, 1.82) is 0 Å². The molecule has 0 bridgehead atoms. The third-order valence-electron chi connectivity index (χ3n) is 2.98. The number of benzene rings is 1. The summed E-state index contributed by atoms with van der Waals surface area (Å²) < 4.78 is 5.10. The number of nitrogens with one attached hydrogen (secondary N) is 1. The van der Waals surface area contributed by atoms with Gasteiger partial charge >= 0.3 is 0 Å². The number of amides is 1. The topological polar surface area (TPSA) is 111 Å². The number of rotatable bonds is 3. The number of carbonyl (C=O) groups excluding carboxylic acids is 1. The number of nitrogen functional groups attached to an aromatic ring is 2. The molecule has 1 aliphatic rings. The second kappa shape index (κ2) is 4.83. The lowest BCUT2D eigenvalue weighted by molar-refractivity contribution is 0.0265. The molecule has 18 heavy (non-hydrogen) atoms. The van der Waals surface area contributed by atoms with Crippen LogP contribution in [-0.2, 0) is 4.74 Å². The van der Waals surface area contributed by atoms with Crippen molar-refractivity contribution in [3.05, 3.63) is 23.8 Å². The van der Waals surface area contributed by atoms with E-state index < -0.39 is 5.60 Å². The van der Waals surface area contributed by atoms with Gasteiger partial charge in [0.05, 0.1) is 12.2 Å². The minimum absolute atomic E-state index is 0.148. The normalized spacial score (nSPS) is 22.9. The largest absolute Gasteiger partial charge is 0.399 e. The highest BCUT2D eigenvalue weighted by Gasteiger charge is 2.32. The predicted molar refractivity (Wildman–Crippen MR) is 68.0 cm³/mol. The molecule has 1 amide bonds. The van der Waals surface area contributed by atoms with Crippen molar-refractivity contribution >= 4 is 17.3 Å². The second-order valence-electron chi connectivity index (χ2n) is 4.56. The summed E-state index contributed by atoms with van der Waals surface area (Å²) in [6.07, 6.45) is 0.518. The van der Waals surface area contributed by atoms with Crippen molar-refractivity contribution in [3.63, 3.8) is 0 Å². The Balaban J connectivity index is 1.99. The SMILES string of the molecule is Nc1ccc(C(=O)NCC2(O)CCOC2)c(N)c1. The van der Waals surface area contributed by atoms with Crippen molar-refractivity contribution in [1.82, 2.24) is 5.32 Å². The minimum atomic E-state index is -0.974. The summed E-state index contributed by atoms with van der Waals surface area (Å²) in [4.78, 5) is 11.9. The van der Waals surface area contributed by atoms with Gasteiger partial charge in [-0.15, -0.1) is 0 Å². The first-order valence-corrected chi connectivity index (χ1v) is 5.73. The molecule has 1 fully saturated rings. The number of carbonyl (C=O) groups is 1. The Bertz CT molecular complexity index is 456. The highest BCUT2D eigenvalue weighted by atomic mass is 16.5. The first-order chi connectivity index (χ1) is 8.50. The van der Waals surface area contributed by atoms with Crippen LogP contribution in [0.1, 0.15) is 16.8 Å². The molecule has 0 spiro atoms. The number of aliphatic hydroxyl groups is 1. The van der Waals surface area contributed by atoms with Crippen molar-refractivity contribution in [2.45, 2.75) is 12.0 Å². The van der Waals surface area contributed by atoms with E-state index in [0.717, 1.165) is 0 Å². The monoisotopic (exact) mass is 251 g/mol. The number of anilines is 2. The molecule has 2 rings (SSSR count). The van der Waals surface area contributed by atoms with E-state index in [1.807, 2.05) is 0 Å². The van der Waals surface area contributed by atoms with Gasteiger partial charge in [-0.1, -0.05) is 0 Å². The Kier molecular flexibility index (Phi) is 3.40. The minimum Gasteiger partial charge on any atom is -0.399 e. The zero-order chi connectivity index (χ0) is 13.2. The summed E-state index contributed by atoms with van der Waals surface area (Å²) >= 11 is 0. The maximum Gasteiger partial charge on any atom is 0.253 e. The van der Waals surface area contributed by atoms with E-state index >= 15 is 0 Å². The van der Waals surface area contributed by atoms with Crippen LogP contribution in [0.2, 0.25) is 0 Å². The lowest BCUT2D eigenvalue weighted by atomic mass is 10.0. The molecule has 98 valence electrons. The lowest BCUT2D eigenvalue weighted by Crippen LogP contribution is -2.43. The van der Waals surface area contributed by atoms with Gasteiger partial charge in [0, 0.05) is 30.9 Å². The van der Waals surface area contributed by atoms with Crippen molar-refractivity contribution in [3.8, 4) is 0 Å². The van der Waals surface area contributed by atoms with Gasteiger partial charge in [0.15, 0.2) is 0 Å². The zero-order valence-corrected chi connectivity index (χ0v) is 9.98. The van der Waals surface area contributed by atoms with E-state index in [9.17, 15) is 9.90 Å². The second-order valence-corrected chi connectivity index (χ2v) is 4.56. The fourth-order valence-electron chi connectivity index (χ4n) is 1.86. The summed E-state index contributed by atoms with van der Waals surface area (Å²) in [5.41, 5.74) is 11.5. The molecule has 6 nitrogen and oxygen atoms in total. The van der Waals surface area contributed by atoms with Gasteiger partial charge in [0.1, 0.15) is 5.60 Å². The fourth-order valence-corrected chi connectivity index (χ4v) is 1.86. The summed E-state index contributed by atoms with van der Waals surface area (Å²) in [7, 11) is 0. The first-order valence-electron chi connectivity index (χ1n) is 5.73. The summed E-state index contributed by atoms with van der Waals surface area (Å²) in [6.45, 7) is 0.899. The van der Waals surface area contributed by atoms with Crippen LogP contribution in [0.4, 0.5) is 11.4 Å². The molecule has 1 saturated heterocycles. The molecule has 1 atom stereocenters. The van der Waals surface area contributed by atoms with Gasteiger partial charge in [-0.25, -0.2) is 0 Å². The van der Waals surface area contributed by atoms with Gasteiger partial charge in [0.2, 0.25) is 0 Å². The van der Waals surface area contributed by atoms with Crippen LogP contribution in [-0.4, -0.2) is 36.4 Å². The van der Waals surface area contributed by atoms with Crippen molar-refractivity contribution < 1.29 is 14.6 Å². The van der Waals surface area contributed by atoms with Crippen LogP contribution >= 0.6 is 0 Å². The predicted octanol–water partition coefficient (Wildman–Crippen LogP) is -0.268. The van der Waals surface area contributed by atoms with Crippen molar-refractivity contribution in [2.75, 3.05) is 31.2 Å². The molecule has 0 aliphatic carbocycles. The van der Waals surface area contributed by atoms with Crippen LogP contribution in [0.3, 0.4) is 0 Å². The average molecular weight is 251 g/mol. The Morgan fingerprint density at radius 2 is 2.28 bits per heavy atom. The molecule has 6 heteroatoms. The Morgan fingerprint density at radius 1 is 1.50 bits per heavy atom. The number of hydrogen-bond donors (Lipinski definition) is 4.